The Labute approximate surface area is 147 Å². The minimum Gasteiger partial charge on any atom is -0.342 e. The molecular weight excluding hydrogens is 345 g/mol. The van der Waals surface area contributed by atoms with E-state index in [1.807, 2.05) is 6.92 Å². The van der Waals surface area contributed by atoms with E-state index in [9.17, 15) is 17.6 Å². The predicted molar refractivity (Wildman–Crippen MR) is 94.7 cm³/mol. The minimum atomic E-state index is -3.69. The number of nitrogens with zero attached hydrogens (tertiary/aromatic N) is 1. The van der Waals surface area contributed by atoms with Gasteiger partial charge in [0, 0.05) is 24.5 Å². The molecule has 0 fully saturated rings. The molecule has 2 N–H and O–H groups in total. The molecule has 136 valence electrons. The zero-order valence-electron chi connectivity index (χ0n) is 14.6. The average molecular weight is 367 g/mol. The topological polar surface area (TPSA) is 80.2 Å². The first kappa shape index (κ1) is 19.1. The van der Waals surface area contributed by atoms with Crippen LogP contribution in [0.5, 0.6) is 0 Å². The van der Waals surface area contributed by atoms with E-state index in [1.54, 1.807) is 25.3 Å². The molecular formula is C17H22FN3O3S. The molecule has 0 aliphatic rings. The number of hydrogen-bond acceptors (Lipinski definition) is 3. The summed E-state index contributed by atoms with van der Waals surface area (Å²) in [6.45, 7) is 7.28. The van der Waals surface area contributed by atoms with Crippen LogP contribution in [0.1, 0.15) is 36.8 Å². The molecule has 2 aromatic rings. The van der Waals surface area contributed by atoms with Gasteiger partial charge in [-0.25, -0.2) is 17.5 Å². The summed E-state index contributed by atoms with van der Waals surface area (Å²) >= 11 is 0. The molecule has 1 aromatic heterocycles. The second kappa shape index (κ2) is 7.37. The smallest absolute Gasteiger partial charge is 0.272 e. The Kier molecular flexibility index (Phi) is 5.64. The Morgan fingerprint density at radius 2 is 1.96 bits per heavy atom. The molecule has 0 aliphatic carbocycles. The quantitative estimate of drug-likeness (QED) is 0.824. The van der Waals surface area contributed by atoms with Crippen LogP contribution in [0.4, 0.5) is 10.1 Å². The van der Waals surface area contributed by atoms with Crippen LogP contribution >= 0.6 is 0 Å². The summed E-state index contributed by atoms with van der Waals surface area (Å²) < 4.78 is 41.9. The molecule has 1 heterocycles. The van der Waals surface area contributed by atoms with E-state index in [4.69, 9.17) is 0 Å². The molecule has 0 spiro atoms. The molecule has 1 aromatic carbocycles. The molecule has 0 saturated carbocycles. The summed E-state index contributed by atoms with van der Waals surface area (Å²) in [7, 11) is -3.69. The maximum absolute atomic E-state index is 13.3. The molecule has 8 heteroatoms. The molecule has 0 radical (unpaired) electrons. The van der Waals surface area contributed by atoms with E-state index in [-0.39, 0.29) is 22.4 Å². The van der Waals surface area contributed by atoms with Gasteiger partial charge in [-0.2, -0.15) is 0 Å². The second-order valence-corrected chi connectivity index (χ2v) is 7.76. The third-order valence-corrected chi connectivity index (χ3v) is 5.19. The van der Waals surface area contributed by atoms with Crippen molar-refractivity contribution < 1.29 is 17.6 Å². The van der Waals surface area contributed by atoms with Gasteiger partial charge in [0.15, 0.2) is 0 Å². The molecule has 0 aliphatic heterocycles. The maximum atomic E-state index is 13.3. The average Bonchev–Trinajstić information content (AvgIpc) is 2.95. The fourth-order valence-electron chi connectivity index (χ4n) is 2.38. The van der Waals surface area contributed by atoms with Gasteiger partial charge in [-0.05, 0) is 57.5 Å². The van der Waals surface area contributed by atoms with Crippen LogP contribution in [0.2, 0.25) is 0 Å². The zero-order valence-corrected chi connectivity index (χ0v) is 15.4. The van der Waals surface area contributed by atoms with Crippen LogP contribution in [0.3, 0.4) is 0 Å². The number of amides is 1. The van der Waals surface area contributed by atoms with E-state index in [0.29, 0.717) is 17.8 Å². The van der Waals surface area contributed by atoms with Gasteiger partial charge in [0.05, 0.1) is 0 Å². The number of halogens is 1. The lowest BCUT2D eigenvalue weighted by Crippen LogP contribution is -2.30. The van der Waals surface area contributed by atoms with Gasteiger partial charge in [0.1, 0.15) is 16.4 Å². The van der Waals surface area contributed by atoms with Gasteiger partial charge in [-0.3, -0.25) is 4.79 Å². The molecule has 0 atom stereocenters. The van der Waals surface area contributed by atoms with E-state index in [0.717, 1.165) is 0 Å². The number of carbonyl (C=O) groups excluding carboxylic acids is 1. The number of aryl methyl sites for hydroxylation is 2. The summed E-state index contributed by atoms with van der Waals surface area (Å²) in [4.78, 5) is 12.5. The van der Waals surface area contributed by atoms with Gasteiger partial charge in [0.25, 0.3) is 5.91 Å². The van der Waals surface area contributed by atoms with Crippen LogP contribution < -0.4 is 10.0 Å². The van der Waals surface area contributed by atoms with Crippen molar-refractivity contribution in [2.24, 2.45) is 0 Å². The normalized spacial score (nSPS) is 11.8. The monoisotopic (exact) mass is 367 g/mol. The van der Waals surface area contributed by atoms with Crippen molar-refractivity contribution in [1.82, 2.24) is 9.29 Å². The number of hydrogen-bond donors (Lipinski definition) is 2. The molecule has 2 rings (SSSR count). The highest BCUT2D eigenvalue weighted by Gasteiger charge is 2.22. The summed E-state index contributed by atoms with van der Waals surface area (Å²) in [6.07, 6.45) is 1.43. The lowest BCUT2D eigenvalue weighted by molar-refractivity contribution is 0.101. The standard InChI is InChI=1S/C17H22FN3O3S/c1-5-21-10-14(25(23,24)20-11(2)3)9-16(21)17(22)19-13-6-7-15(18)12(4)8-13/h6-11,20H,5H2,1-4H3,(H,19,22). The highest BCUT2D eigenvalue weighted by Crippen LogP contribution is 2.18. The fraction of sp³-hybridized carbons (Fsp3) is 0.353. The number of carbonyl (C=O) groups is 1. The van der Waals surface area contributed by atoms with Gasteiger partial charge >= 0.3 is 0 Å². The third-order valence-electron chi connectivity index (χ3n) is 3.56. The van der Waals surface area contributed by atoms with Crippen molar-refractivity contribution in [1.29, 1.82) is 0 Å². The van der Waals surface area contributed by atoms with Crippen LogP contribution in [-0.4, -0.2) is 24.9 Å². The number of anilines is 1. The first-order chi connectivity index (χ1) is 11.6. The van der Waals surface area contributed by atoms with Crippen molar-refractivity contribution >= 4 is 21.6 Å². The first-order valence-corrected chi connectivity index (χ1v) is 9.42. The summed E-state index contributed by atoms with van der Waals surface area (Å²) in [6, 6.07) is 5.32. The van der Waals surface area contributed by atoms with Crippen LogP contribution in [0, 0.1) is 12.7 Å². The summed E-state index contributed by atoms with van der Waals surface area (Å²) in [5, 5.41) is 2.66. The highest BCUT2D eigenvalue weighted by molar-refractivity contribution is 7.89. The van der Waals surface area contributed by atoms with E-state index >= 15 is 0 Å². The molecule has 0 unspecified atom stereocenters. The Morgan fingerprint density at radius 3 is 2.52 bits per heavy atom. The van der Waals surface area contributed by atoms with Crippen molar-refractivity contribution in [2.45, 2.75) is 45.2 Å². The number of benzene rings is 1. The van der Waals surface area contributed by atoms with Gasteiger partial charge in [0.2, 0.25) is 10.0 Å². The van der Waals surface area contributed by atoms with E-state index < -0.39 is 15.9 Å². The molecule has 0 bridgehead atoms. The number of rotatable bonds is 6. The maximum Gasteiger partial charge on any atom is 0.272 e. The van der Waals surface area contributed by atoms with Crippen LogP contribution in [-0.2, 0) is 16.6 Å². The Bertz CT molecular complexity index is 889. The Balaban J connectivity index is 2.31. The predicted octanol–water partition coefficient (Wildman–Crippen LogP) is 2.89. The largest absolute Gasteiger partial charge is 0.342 e. The molecule has 6 nitrogen and oxygen atoms in total. The summed E-state index contributed by atoms with van der Waals surface area (Å²) in [5.41, 5.74) is 1.07. The molecule has 25 heavy (non-hydrogen) atoms. The van der Waals surface area contributed by atoms with Gasteiger partial charge < -0.3 is 9.88 Å². The van der Waals surface area contributed by atoms with Crippen molar-refractivity contribution in [3.05, 3.63) is 47.5 Å². The fourth-order valence-corrected chi connectivity index (χ4v) is 3.67. The van der Waals surface area contributed by atoms with E-state index in [2.05, 4.69) is 10.0 Å². The zero-order chi connectivity index (χ0) is 18.8. The number of aromatic nitrogens is 1. The van der Waals surface area contributed by atoms with Gasteiger partial charge in [-0.15, -0.1) is 0 Å². The molecule has 0 saturated heterocycles. The second-order valence-electron chi connectivity index (χ2n) is 6.04. The lowest BCUT2D eigenvalue weighted by atomic mass is 10.2. The minimum absolute atomic E-state index is 0.0310. The Hall–Kier alpha value is -2.19. The first-order valence-electron chi connectivity index (χ1n) is 7.94. The highest BCUT2D eigenvalue weighted by atomic mass is 32.2. The van der Waals surface area contributed by atoms with Crippen molar-refractivity contribution in [3.63, 3.8) is 0 Å². The van der Waals surface area contributed by atoms with E-state index in [1.165, 1.54) is 30.5 Å². The molecule has 1 amide bonds. The SMILES string of the molecule is CCn1cc(S(=O)(=O)NC(C)C)cc1C(=O)Nc1ccc(F)c(C)c1. The lowest BCUT2D eigenvalue weighted by Gasteiger charge is -2.08. The number of nitrogens with one attached hydrogen (secondary N) is 2. The van der Waals surface area contributed by atoms with Crippen LogP contribution in [0.15, 0.2) is 35.4 Å². The number of sulfonamides is 1. The third kappa shape index (κ3) is 4.46. The van der Waals surface area contributed by atoms with Crippen molar-refractivity contribution in [3.8, 4) is 0 Å². The summed E-state index contributed by atoms with van der Waals surface area (Å²) in [5.74, 6) is -0.818. The van der Waals surface area contributed by atoms with Crippen LogP contribution in [0.25, 0.3) is 0 Å². The van der Waals surface area contributed by atoms with Gasteiger partial charge in [-0.1, -0.05) is 0 Å². The van der Waals surface area contributed by atoms with Crippen molar-refractivity contribution in [2.75, 3.05) is 5.32 Å². The Morgan fingerprint density at radius 1 is 1.28 bits per heavy atom.